The molecule has 0 amide bonds. The van der Waals surface area contributed by atoms with Gasteiger partial charge in [-0.2, -0.15) is 4.68 Å². The molecule has 38 heavy (non-hydrogen) atoms. The van der Waals surface area contributed by atoms with Crippen LogP contribution in [0.15, 0.2) is 77.6 Å². The molecule has 1 aliphatic heterocycles. The third-order valence-electron chi connectivity index (χ3n) is 7.58. The van der Waals surface area contributed by atoms with E-state index in [1.807, 2.05) is 29.3 Å². The summed E-state index contributed by atoms with van der Waals surface area (Å²) in [5, 5.41) is 17.2. The zero-order valence-corrected chi connectivity index (χ0v) is 21.9. The number of nitrogens with zero attached hydrogens (tertiary/aromatic N) is 4. The van der Waals surface area contributed by atoms with Crippen LogP contribution in [0.1, 0.15) is 35.6 Å². The monoisotopic (exact) mass is 549 g/mol. The average Bonchev–Trinajstić information content (AvgIpc) is 3.58. The van der Waals surface area contributed by atoms with Crippen LogP contribution in [-0.2, 0) is 23.2 Å². The summed E-state index contributed by atoms with van der Waals surface area (Å²) < 4.78 is 2.72. The number of aliphatic carboxylic acids is 1. The number of anilines is 1. The standard InChI is InChI=1S/C28H25Cl2N5O3/c29-20-7-5-19(6-8-20)25-28(15-13-18-3-1-2-4-23(18)28)17-34(31-25)26-32-35(22-11-9-21(30)10-12-22)27(38)33(26)16-14-24(36)37/h1-12,25,31H,13-17H2,(H,36,37)/t25?,28-/m0/s1. The second-order valence-corrected chi connectivity index (χ2v) is 10.7. The average molecular weight is 550 g/mol. The van der Waals surface area contributed by atoms with Crippen LogP contribution in [0.25, 0.3) is 5.69 Å². The van der Waals surface area contributed by atoms with Gasteiger partial charge in [-0.3, -0.25) is 14.4 Å². The number of rotatable bonds is 6. The minimum Gasteiger partial charge on any atom is -0.481 e. The number of hydrogen-bond acceptors (Lipinski definition) is 5. The Labute approximate surface area is 229 Å². The number of aromatic nitrogens is 3. The number of aryl methyl sites for hydroxylation is 1. The Kier molecular flexibility index (Phi) is 6.26. The van der Waals surface area contributed by atoms with Crippen molar-refractivity contribution in [1.29, 1.82) is 0 Å². The summed E-state index contributed by atoms with van der Waals surface area (Å²) in [6.45, 7) is 0.548. The highest BCUT2D eigenvalue weighted by Gasteiger charge is 2.52. The van der Waals surface area contributed by atoms with Crippen LogP contribution in [0.2, 0.25) is 10.0 Å². The number of benzene rings is 3. The number of halogens is 2. The number of hydrazine groups is 1. The molecule has 1 aromatic heterocycles. The highest BCUT2D eigenvalue weighted by atomic mass is 35.5. The van der Waals surface area contributed by atoms with Gasteiger partial charge in [0.15, 0.2) is 0 Å². The van der Waals surface area contributed by atoms with Crippen LogP contribution in [0, 0.1) is 0 Å². The largest absolute Gasteiger partial charge is 0.481 e. The summed E-state index contributed by atoms with van der Waals surface area (Å²) in [5.74, 6) is -0.622. The second-order valence-electron chi connectivity index (χ2n) is 9.78. The van der Waals surface area contributed by atoms with Crippen molar-refractivity contribution in [1.82, 2.24) is 19.8 Å². The third kappa shape index (κ3) is 4.18. The van der Waals surface area contributed by atoms with Crippen molar-refractivity contribution in [3.8, 4) is 5.69 Å². The van der Waals surface area contributed by atoms with Gasteiger partial charge in [0.05, 0.1) is 18.2 Å². The van der Waals surface area contributed by atoms with Crippen molar-refractivity contribution < 1.29 is 9.90 Å². The quantitative estimate of drug-likeness (QED) is 0.360. The second kappa shape index (κ2) is 9.62. The van der Waals surface area contributed by atoms with Gasteiger partial charge in [-0.15, -0.1) is 5.10 Å². The van der Waals surface area contributed by atoms with Gasteiger partial charge in [0.2, 0.25) is 5.95 Å². The van der Waals surface area contributed by atoms with Crippen LogP contribution in [-0.4, -0.2) is 32.0 Å². The van der Waals surface area contributed by atoms with Crippen molar-refractivity contribution in [2.45, 2.75) is 37.3 Å². The fourth-order valence-electron chi connectivity index (χ4n) is 5.80. The predicted octanol–water partition coefficient (Wildman–Crippen LogP) is 4.77. The molecule has 10 heteroatoms. The highest BCUT2D eigenvalue weighted by Crippen LogP contribution is 2.51. The van der Waals surface area contributed by atoms with E-state index in [4.69, 9.17) is 28.3 Å². The molecule has 1 saturated heterocycles. The van der Waals surface area contributed by atoms with E-state index in [9.17, 15) is 14.7 Å². The predicted molar refractivity (Wildman–Crippen MR) is 146 cm³/mol. The Morgan fingerprint density at radius 2 is 1.71 bits per heavy atom. The van der Waals surface area contributed by atoms with Crippen molar-refractivity contribution in [3.05, 3.63) is 110 Å². The van der Waals surface area contributed by atoms with Gasteiger partial charge in [-0.05, 0) is 65.9 Å². The number of carboxylic acids is 1. The summed E-state index contributed by atoms with van der Waals surface area (Å²) in [5.41, 5.74) is 7.14. The van der Waals surface area contributed by atoms with Crippen molar-refractivity contribution in [2.24, 2.45) is 0 Å². The lowest BCUT2D eigenvalue weighted by atomic mass is 9.74. The normalized spacial score (nSPS) is 20.3. The fourth-order valence-corrected chi connectivity index (χ4v) is 6.05. The molecule has 8 nitrogen and oxygen atoms in total. The first kappa shape index (κ1) is 24.7. The number of carbonyl (C=O) groups is 1. The van der Waals surface area contributed by atoms with Crippen molar-refractivity contribution >= 4 is 35.1 Å². The lowest BCUT2D eigenvalue weighted by molar-refractivity contribution is -0.137. The van der Waals surface area contributed by atoms with Gasteiger partial charge in [-0.1, -0.05) is 59.6 Å². The summed E-state index contributed by atoms with van der Waals surface area (Å²) in [6, 6.07) is 23.0. The fraction of sp³-hybridized carbons (Fsp3) is 0.250. The maximum atomic E-state index is 13.5. The third-order valence-corrected chi connectivity index (χ3v) is 8.08. The molecular formula is C28H25Cl2N5O3. The summed E-state index contributed by atoms with van der Waals surface area (Å²) in [6.07, 6.45) is 1.66. The Morgan fingerprint density at radius 1 is 1.03 bits per heavy atom. The maximum Gasteiger partial charge on any atom is 0.352 e. The number of nitrogens with one attached hydrogen (secondary N) is 1. The zero-order chi connectivity index (χ0) is 26.4. The van der Waals surface area contributed by atoms with Crippen LogP contribution in [0.3, 0.4) is 0 Å². The van der Waals surface area contributed by atoms with E-state index in [1.165, 1.54) is 20.4 Å². The molecule has 2 heterocycles. The molecule has 6 rings (SSSR count). The van der Waals surface area contributed by atoms with Crippen LogP contribution >= 0.6 is 23.2 Å². The Balaban J connectivity index is 1.47. The Bertz CT molecular complexity index is 1560. The summed E-state index contributed by atoms with van der Waals surface area (Å²) in [4.78, 5) is 25.0. The Hall–Kier alpha value is -3.59. The lowest BCUT2D eigenvalue weighted by Gasteiger charge is -2.30. The molecule has 1 aliphatic carbocycles. The van der Waals surface area contributed by atoms with Gasteiger partial charge in [0, 0.05) is 28.5 Å². The molecule has 1 fully saturated rings. The maximum absolute atomic E-state index is 13.5. The highest BCUT2D eigenvalue weighted by molar-refractivity contribution is 6.30. The zero-order valence-electron chi connectivity index (χ0n) is 20.3. The van der Waals surface area contributed by atoms with Crippen molar-refractivity contribution in [3.63, 3.8) is 0 Å². The first-order valence-corrected chi connectivity index (χ1v) is 13.2. The summed E-state index contributed by atoms with van der Waals surface area (Å²) >= 11 is 12.3. The minimum atomic E-state index is -0.989. The smallest absolute Gasteiger partial charge is 0.352 e. The van der Waals surface area contributed by atoms with Gasteiger partial charge in [0.25, 0.3) is 0 Å². The summed E-state index contributed by atoms with van der Waals surface area (Å²) in [7, 11) is 0. The first-order chi connectivity index (χ1) is 18.4. The molecule has 0 radical (unpaired) electrons. The van der Waals surface area contributed by atoms with Gasteiger partial charge < -0.3 is 5.11 Å². The molecule has 194 valence electrons. The van der Waals surface area contributed by atoms with Crippen LogP contribution < -0.4 is 16.1 Å². The number of fused-ring (bicyclic) bond motifs is 2. The number of hydrogen-bond donors (Lipinski definition) is 2. The molecule has 1 spiro atoms. The lowest BCUT2D eigenvalue weighted by Crippen LogP contribution is -2.36. The van der Waals surface area contributed by atoms with Crippen LogP contribution in [0.5, 0.6) is 0 Å². The topological polar surface area (TPSA) is 92.4 Å². The molecule has 2 atom stereocenters. The SMILES string of the molecule is O=C(O)CCn1c(N2C[C@]3(CCc4ccccc43)C(c3ccc(Cl)cc3)N2)nn(-c2ccc(Cl)cc2)c1=O. The van der Waals surface area contributed by atoms with E-state index < -0.39 is 11.7 Å². The molecule has 3 aromatic carbocycles. The first-order valence-electron chi connectivity index (χ1n) is 12.4. The van der Waals surface area contributed by atoms with Gasteiger partial charge in [-0.25, -0.2) is 10.2 Å². The molecule has 2 N–H and O–H groups in total. The minimum absolute atomic E-state index is 0.00946. The van der Waals surface area contributed by atoms with E-state index in [2.05, 4.69) is 29.7 Å². The molecular weight excluding hydrogens is 525 g/mol. The van der Waals surface area contributed by atoms with Crippen molar-refractivity contribution in [2.75, 3.05) is 11.6 Å². The van der Waals surface area contributed by atoms with Gasteiger partial charge in [0.1, 0.15) is 0 Å². The van der Waals surface area contributed by atoms with E-state index >= 15 is 0 Å². The number of carboxylic acid groups (broad SMARTS) is 1. The van der Waals surface area contributed by atoms with E-state index in [1.54, 1.807) is 24.3 Å². The molecule has 4 aromatic rings. The Morgan fingerprint density at radius 3 is 2.42 bits per heavy atom. The van der Waals surface area contributed by atoms with E-state index in [0.717, 1.165) is 18.4 Å². The van der Waals surface area contributed by atoms with Gasteiger partial charge >= 0.3 is 11.7 Å². The van der Waals surface area contributed by atoms with E-state index in [0.29, 0.717) is 28.2 Å². The van der Waals surface area contributed by atoms with E-state index in [-0.39, 0.29) is 24.4 Å². The van der Waals surface area contributed by atoms with Crippen LogP contribution in [0.4, 0.5) is 5.95 Å². The molecule has 1 unspecified atom stereocenters. The molecule has 2 aliphatic rings. The molecule has 0 bridgehead atoms. The molecule has 0 saturated carbocycles.